The number of hydrogen-bond acceptors (Lipinski definition) is 3. The van der Waals surface area contributed by atoms with Gasteiger partial charge < -0.3 is 20.7 Å². The lowest BCUT2D eigenvalue weighted by atomic mass is 10.1. The zero-order valence-electron chi connectivity index (χ0n) is 13.7. The van der Waals surface area contributed by atoms with Crippen LogP contribution >= 0.6 is 0 Å². The van der Waals surface area contributed by atoms with Crippen LogP contribution in [-0.2, 0) is 0 Å². The fourth-order valence-corrected chi connectivity index (χ4v) is 2.82. The molecule has 122 valence electrons. The van der Waals surface area contributed by atoms with Crippen LogP contribution in [0.2, 0.25) is 0 Å². The summed E-state index contributed by atoms with van der Waals surface area (Å²) in [5.74, 6) is 1.72. The van der Waals surface area contributed by atoms with Crippen LogP contribution in [0.1, 0.15) is 26.2 Å². The summed E-state index contributed by atoms with van der Waals surface area (Å²) in [6, 6.07) is 7.70. The Balaban J connectivity index is 1.81. The number of ether oxygens (including phenoxy) is 1. The highest BCUT2D eigenvalue weighted by Crippen LogP contribution is 2.22. The molecule has 3 N–H and O–H groups in total. The van der Waals surface area contributed by atoms with Gasteiger partial charge in [0.25, 0.3) is 0 Å². The van der Waals surface area contributed by atoms with E-state index in [0.717, 1.165) is 24.5 Å². The van der Waals surface area contributed by atoms with E-state index in [-0.39, 0.29) is 0 Å². The van der Waals surface area contributed by atoms with Crippen LogP contribution < -0.4 is 15.8 Å². The summed E-state index contributed by atoms with van der Waals surface area (Å²) in [5, 5.41) is 3.11. The number of para-hydroxylation sites is 2. The van der Waals surface area contributed by atoms with Crippen molar-refractivity contribution in [3.05, 3.63) is 24.3 Å². The van der Waals surface area contributed by atoms with Crippen LogP contribution in [0, 0.1) is 5.92 Å². The predicted octanol–water partition coefficient (Wildman–Crippen LogP) is 2.54. The summed E-state index contributed by atoms with van der Waals surface area (Å²) in [5.41, 5.74) is 6.82. The van der Waals surface area contributed by atoms with E-state index in [9.17, 15) is 0 Å². The van der Waals surface area contributed by atoms with Crippen molar-refractivity contribution in [2.75, 3.05) is 38.6 Å². The second-order valence-electron chi connectivity index (χ2n) is 6.02. The van der Waals surface area contributed by atoms with Crippen molar-refractivity contribution in [1.29, 1.82) is 0 Å². The molecule has 2 rings (SSSR count). The Hall–Kier alpha value is -1.75. The summed E-state index contributed by atoms with van der Waals surface area (Å²) >= 11 is 0. The number of methoxy groups -OCH3 is 1. The van der Waals surface area contributed by atoms with E-state index in [1.165, 1.54) is 32.4 Å². The third-order valence-corrected chi connectivity index (χ3v) is 3.96. The summed E-state index contributed by atoms with van der Waals surface area (Å²) < 4.78 is 5.29. The standard InChI is InChI=1S/C17H28N4O/c1-14(13-21-10-6-3-7-11-21)12-19-17(18)20-15-8-4-5-9-16(15)22-2/h4-5,8-9,14H,3,6-7,10-13H2,1-2H3,(H3,18,19,20). The fourth-order valence-electron chi connectivity index (χ4n) is 2.82. The van der Waals surface area contributed by atoms with Crippen molar-refractivity contribution >= 4 is 11.6 Å². The molecule has 1 unspecified atom stereocenters. The molecule has 0 bridgehead atoms. The number of nitrogens with zero attached hydrogens (tertiary/aromatic N) is 2. The number of anilines is 1. The van der Waals surface area contributed by atoms with E-state index in [0.29, 0.717) is 11.9 Å². The average Bonchev–Trinajstić information content (AvgIpc) is 2.54. The van der Waals surface area contributed by atoms with Gasteiger partial charge in [-0.2, -0.15) is 0 Å². The lowest BCUT2D eigenvalue weighted by Gasteiger charge is -2.28. The first-order valence-corrected chi connectivity index (χ1v) is 8.11. The highest BCUT2D eigenvalue weighted by molar-refractivity contribution is 5.93. The molecule has 1 aromatic carbocycles. The number of benzene rings is 1. The van der Waals surface area contributed by atoms with Gasteiger partial charge >= 0.3 is 0 Å². The van der Waals surface area contributed by atoms with Crippen LogP contribution in [0.4, 0.5) is 5.69 Å². The third-order valence-electron chi connectivity index (χ3n) is 3.96. The van der Waals surface area contributed by atoms with Crippen molar-refractivity contribution in [3.8, 4) is 5.75 Å². The Kier molecular flexibility index (Phi) is 6.52. The number of nitrogens with two attached hydrogens (primary N) is 1. The lowest BCUT2D eigenvalue weighted by Crippen LogP contribution is -2.34. The highest BCUT2D eigenvalue weighted by atomic mass is 16.5. The maximum atomic E-state index is 5.98. The average molecular weight is 304 g/mol. The summed E-state index contributed by atoms with van der Waals surface area (Å²) in [6.07, 6.45) is 4.03. The first kappa shape index (κ1) is 16.6. The number of piperidine rings is 1. The van der Waals surface area contributed by atoms with Crippen molar-refractivity contribution < 1.29 is 4.74 Å². The third kappa shape index (κ3) is 5.22. The summed E-state index contributed by atoms with van der Waals surface area (Å²) in [4.78, 5) is 7.00. The molecule has 1 aliphatic rings. The topological polar surface area (TPSA) is 62.9 Å². The van der Waals surface area contributed by atoms with Crippen LogP contribution in [-0.4, -0.2) is 44.1 Å². The maximum absolute atomic E-state index is 5.98. The van der Waals surface area contributed by atoms with E-state index >= 15 is 0 Å². The van der Waals surface area contributed by atoms with Gasteiger partial charge in [0.15, 0.2) is 5.96 Å². The van der Waals surface area contributed by atoms with Crippen molar-refractivity contribution in [1.82, 2.24) is 4.90 Å². The van der Waals surface area contributed by atoms with Gasteiger partial charge in [-0.3, -0.25) is 4.99 Å². The summed E-state index contributed by atoms with van der Waals surface area (Å²) in [6.45, 7) is 6.52. The molecule has 1 aliphatic heterocycles. The van der Waals surface area contributed by atoms with Gasteiger partial charge in [-0.05, 0) is 44.0 Å². The Bertz CT molecular complexity index is 483. The van der Waals surface area contributed by atoms with E-state index in [1.54, 1.807) is 7.11 Å². The molecule has 0 aliphatic carbocycles. The number of nitrogens with one attached hydrogen (secondary N) is 1. The van der Waals surface area contributed by atoms with E-state index < -0.39 is 0 Å². The molecule has 1 aromatic rings. The Morgan fingerprint density at radius 3 is 2.77 bits per heavy atom. The second kappa shape index (κ2) is 8.63. The van der Waals surface area contributed by atoms with Gasteiger partial charge in [-0.1, -0.05) is 25.5 Å². The molecule has 1 atom stereocenters. The summed E-state index contributed by atoms with van der Waals surface area (Å²) in [7, 11) is 1.65. The van der Waals surface area contributed by atoms with Crippen molar-refractivity contribution in [2.45, 2.75) is 26.2 Å². The molecule has 5 heteroatoms. The Morgan fingerprint density at radius 1 is 1.32 bits per heavy atom. The number of hydrogen-bond donors (Lipinski definition) is 2. The molecule has 22 heavy (non-hydrogen) atoms. The van der Waals surface area contributed by atoms with Gasteiger partial charge in [-0.15, -0.1) is 0 Å². The largest absolute Gasteiger partial charge is 0.495 e. The Morgan fingerprint density at radius 2 is 2.05 bits per heavy atom. The Labute approximate surface area is 133 Å². The normalized spacial score (nSPS) is 18.0. The minimum absolute atomic E-state index is 0.440. The number of aliphatic imine (C=N–C) groups is 1. The minimum atomic E-state index is 0.440. The SMILES string of the molecule is COc1ccccc1NC(N)=NCC(C)CN1CCCCC1. The van der Waals surface area contributed by atoms with Crippen molar-refractivity contribution in [2.24, 2.45) is 16.6 Å². The molecule has 1 fully saturated rings. The zero-order valence-corrected chi connectivity index (χ0v) is 13.7. The van der Waals surface area contributed by atoms with Gasteiger partial charge in [0.1, 0.15) is 5.75 Å². The highest BCUT2D eigenvalue weighted by Gasteiger charge is 2.13. The second-order valence-corrected chi connectivity index (χ2v) is 6.02. The molecular formula is C17H28N4O. The molecule has 5 nitrogen and oxygen atoms in total. The first-order valence-electron chi connectivity index (χ1n) is 8.11. The van der Waals surface area contributed by atoms with Gasteiger partial charge in [0.2, 0.25) is 0 Å². The monoisotopic (exact) mass is 304 g/mol. The smallest absolute Gasteiger partial charge is 0.193 e. The van der Waals surface area contributed by atoms with E-state index in [1.807, 2.05) is 24.3 Å². The quantitative estimate of drug-likeness (QED) is 0.626. The fraction of sp³-hybridized carbons (Fsp3) is 0.588. The van der Waals surface area contributed by atoms with Gasteiger partial charge in [-0.25, -0.2) is 0 Å². The molecular weight excluding hydrogens is 276 g/mol. The number of guanidine groups is 1. The van der Waals surface area contributed by atoms with Gasteiger partial charge in [0.05, 0.1) is 12.8 Å². The number of rotatable bonds is 6. The van der Waals surface area contributed by atoms with Crippen LogP contribution in [0.15, 0.2) is 29.3 Å². The molecule has 0 aromatic heterocycles. The maximum Gasteiger partial charge on any atom is 0.193 e. The lowest BCUT2D eigenvalue weighted by molar-refractivity contribution is 0.203. The molecule has 0 spiro atoms. The van der Waals surface area contributed by atoms with Crippen LogP contribution in [0.3, 0.4) is 0 Å². The predicted molar refractivity (Wildman–Crippen MR) is 92.6 cm³/mol. The molecule has 1 heterocycles. The van der Waals surface area contributed by atoms with Gasteiger partial charge in [0, 0.05) is 13.1 Å². The van der Waals surface area contributed by atoms with Crippen molar-refractivity contribution in [3.63, 3.8) is 0 Å². The first-order chi connectivity index (χ1) is 10.7. The van der Waals surface area contributed by atoms with E-state index in [4.69, 9.17) is 10.5 Å². The molecule has 0 amide bonds. The molecule has 0 saturated carbocycles. The van der Waals surface area contributed by atoms with E-state index in [2.05, 4.69) is 22.1 Å². The van der Waals surface area contributed by atoms with Crippen LogP contribution in [0.5, 0.6) is 5.75 Å². The zero-order chi connectivity index (χ0) is 15.8. The van der Waals surface area contributed by atoms with Crippen LogP contribution in [0.25, 0.3) is 0 Å². The minimum Gasteiger partial charge on any atom is -0.495 e. The molecule has 0 radical (unpaired) electrons. The molecule has 1 saturated heterocycles. The number of likely N-dealkylation sites (tertiary alicyclic amines) is 1.